The first kappa shape index (κ1) is 12.0. The Bertz CT molecular complexity index is 456. The van der Waals surface area contributed by atoms with E-state index in [1.807, 2.05) is 0 Å². The number of carboxylic acid groups (broad SMARTS) is 2. The molecule has 1 amide bonds. The summed E-state index contributed by atoms with van der Waals surface area (Å²) in [5.74, 6) is -2.75. The van der Waals surface area contributed by atoms with Crippen LogP contribution in [0.25, 0.3) is 0 Å². The zero-order valence-electron chi connectivity index (χ0n) is 9.21. The summed E-state index contributed by atoms with van der Waals surface area (Å²) < 4.78 is -0.625. The predicted octanol–water partition coefficient (Wildman–Crippen LogP) is 0.144. The van der Waals surface area contributed by atoms with Gasteiger partial charge in [0, 0.05) is 10.8 Å². The van der Waals surface area contributed by atoms with Crippen molar-refractivity contribution in [2.24, 2.45) is 0 Å². The van der Waals surface area contributed by atoms with Crippen LogP contribution in [0.15, 0.2) is 11.6 Å². The quantitative estimate of drug-likeness (QED) is 0.540. The third-order valence-corrected chi connectivity index (χ3v) is 4.40. The number of carbonyl (C=O) groups is 3. The smallest absolute Gasteiger partial charge is 0.328 e. The number of nitrogens with zero attached hydrogens (tertiary/aromatic N) is 1. The van der Waals surface area contributed by atoms with Gasteiger partial charge in [-0.05, 0) is 13.8 Å². The Hall–Kier alpha value is -1.50. The molecule has 0 aromatic rings. The Morgan fingerprint density at radius 3 is 2.47 bits per heavy atom. The van der Waals surface area contributed by atoms with Crippen molar-refractivity contribution in [3.05, 3.63) is 11.6 Å². The second-order valence-corrected chi connectivity index (χ2v) is 6.20. The van der Waals surface area contributed by atoms with Crippen molar-refractivity contribution in [2.75, 3.05) is 0 Å². The fourth-order valence-electron chi connectivity index (χ4n) is 2.19. The van der Waals surface area contributed by atoms with E-state index in [-0.39, 0.29) is 5.57 Å². The van der Waals surface area contributed by atoms with Crippen LogP contribution in [-0.4, -0.2) is 49.1 Å². The monoisotopic (exact) mass is 257 g/mol. The number of rotatable bonds is 2. The van der Waals surface area contributed by atoms with Gasteiger partial charge in [0.1, 0.15) is 11.4 Å². The van der Waals surface area contributed by atoms with Gasteiger partial charge < -0.3 is 15.1 Å². The van der Waals surface area contributed by atoms with Crippen LogP contribution in [0.3, 0.4) is 0 Å². The molecule has 0 bridgehead atoms. The van der Waals surface area contributed by atoms with Gasteiger partial charge in [0.2, 0.25) is 0 Å². The number of fused-ring (bicyclic) bond motifs is 1. The second kappa shape index (κ2) is 3.49. The number of amides is 1. The topological polar surface area (TPSA) is 94.9 Å². The molecule has 0 aromatic carbocycles. The molecule has 2 atom stereocenters. The van der Waals surface area contributed by atoms with Crippen molar-refractivity contribution in [1.29, 1.82) is 0 Å². The van der Waals surface area contributed by atoms with Gasteiger partial charge in [-0.15, -0.1) is 11.8 Å². The maximum atomic E-state index is 11.7. The highest BCUT2D eigenvalue weighted by atomic mass is 32.2. The van der Waals surface area contributed by atoms with Crippen LogP contribution in [0.5, 0.6) is 0 Å². The lowest BCUT2D eigenvalue weighted by molar-refractivity contribution is -0.152. The lowest BCUT2D eigenvalue weighted by Crippen LogP contribution is -2.58. The number of thioether (sulfide) groups is 1. The van der Waals surface area contributed by atoms with Gasteiger partial charge in [0.15, 0.2) is 0 Å². The van der Waals surface area contributed by atoms with Crippen molar-refractivity contribution in [3.8, 4) is 0 Å². The molecular weight excluding hydrogens is 246 g/mol. The molecule has 2 N–H and O–H groups in total. The largest absolute Gasteiger partial charge is 0.480 e. The van der Waals surface area contributed by atoms with Gasteiger partial charge in [-0.3, -0.25) is 4.79 Å². The van der Waals surface area contributed by atoms with E-state index >= 15 is 0 Å². The molecule has 0 unspecified atom stereocenters. The summed E-state index contributed by atoms with van der Waals surface area (Å²) >= 11 is 1.30. The minimum Gasteiger partial charge on any atom is -0.480 e. The van der Waals surface area contributed by atoms with Crippen LogP contribution >= 0.6 is 11.8 Å². The minimum absolute atomic E-state index is 0.166. The van der Waals surface area contributed by atoms with Gasteiger partial charge >= 0.3 is 11.9 Å². The highest BCUT2D eigenvalue weighted by Crippen LogP contribution is 2.52. The van der Waals surface area contributed by atoms with Crippen LogP contribution in [0.4, 0.5) is 0 Å². The van der Waals surface area contributed by atoms with E-state index in [4.69, 9.17) is 10.2 Å². The van der Waals surface area contributed by atoms with Crippen LogP contribution < -0.4 is 0 Å². The summed E-state index contributed by atoms with van der Waals surface area (Å²) in [5, 5.41) is 17.3. The van der Waals surface area contributed by atoms with Crippen LogP contribution in [0.1, 0.15) is 13.8 Å². The Morgan fingerprint density at radius 1 is 1.41 bits per heavy atom. The van der Waals surface area contributed by atoms with Crippen molar-refractivity contribution < 1.29 is 24.6 Å². The van der Waals surface area contributed by atoms with E-state index in [2.05, 4.69) is 0 Å². The van der Waals surface area contributed by atoms with E-state index in [0.717, 1.165) is 6.08 Å². The molecule has 0 aliphatic carbocycles. The lowest BCUT2D eigenvalue weighted by Gasteiger charge is -2.38. The zero-order valence-corrected chi connectivity index (χ0v) is 10.0. The summed E-state index contributed by atoms with van der Waals surface area (Å²) in [6.07, 6.45) is 0.858. The van der Waals surface area contributed by atoms with Gasteiger partial charge in [0.25, 0.3) is 5.91 Å². The molecule has 7 heteroatoms. The average Bonchev–Trinajstić information content (AvgIpc) is 2.43. The molecule has 2 aliphatic heterocycles. The summed E-state index contributed by atoms with van der Waals surface area (Å²) in [4.78, 5) is 34.6. The molecule has 0 spiro atoms. The van der Waals surface area contributed by atoms with E-state index in [0.29, 0.717) is 0 Å². The molecule has 2 saturated heterocycles. The molecular formula is C10H11NO5S. The maximum absolute atomic E-state index is 11.7. The van der Waals surface area contributed by atoms with Gasteiger partial charge in [-0.2, -0.15) is 0 Å². The number of hydrogen-bond donors (Lipinski definition) is 2. The van der Waals surface area contributed by atoms with Crippen molar-refractivity contribution in [3.63, 3.8) is 0 Å². The van der Waals surface area contributed by atoms with Crippen LogP contribution in [0.2, 0.25) is 0 Å². The maximum Gasteiger partial charge on any atom is 0.328 e. The highest BCUT2D eigenvalue weighted by molar-refractivity contribution is 8.01. The Kier molecular flexibility index (Phi) is 2.46. The molecule has 0 radical (unpaired) electrons. The first-order valence-electron chi connectivity index (χ1n) is 4.93. The fraction of sp³-hybridized carbons (Fsp3) is 0.500. The normalized spacial score (nSPS) is 32.2. The van der Waals surface area contributed by atoms with E-state index in [1.54, 1.807) is 13.8 Å². The third-order valence-electron chi connectivity index (χ3n) is 2.87. The molecule has 92 valence electrons. The summed E-state index contributed by atoms with van der Waals surface area (Å²) in [6.45, 7) is 3.47. The highest BCUT2D eigenvalue weighted by Gasteiger charge is 2.61. The fourth-order valence-corrected chi connectivity index (χ4v) is 3.73. The third kappa shape index (κ3) is 1.61. The Balaban J connectivity index is 2.34. The van der Waals surface area contributed by atoms with Gasteiger partial charge in [0.05, 0.1) is 5.57 Å². The Morgan fingerprint density at radius 2 is 2.00 bits per heavy atom. The van der Waals surface area contributed by atoms with Gasteiger partial charge in [-0.1, -0.05) is 0 Å². The van der Waals surface area contributed by atoms with Crippen molar-refractivity contribution in [2.45, 2.75) is 30.0 Å². The first-order chi connectivity index (χ1) is 7.75. The van der Waals surface area contributed by atoms with Crippen molar-refractivity contribution in [1.82, 2.24) is 4.90 Å². The van der Waals surface area contributed by atoms with E-state index in [9.17, 15) is 14.4 Å². The van der Waals surface area contributed by atoms with Crippen molar-refractivity contribution >= 4 is 29.6 Å². The molecule has 2 rings (SSSR count). The minimum atomic E-state index is -1.19. The molecule has 2 fully saturated rings. The molecule has 6 nitrogen and oxygen atoms in total. The van der Waals surface area contributed by atoms with Crippen LogP contribution in [0, 0.1) is 0 Å². The summed E-state index contributed by atoms with van der Waals surface area (Å²) in [7, 11) is 0. The molecule has 0 aromatic heterocycles. The SMILES string of the molecule is CC1(C)S[C@@H]2/C(=C\C(=O)O)C(=O)N2[C@H]1C(=O)O. The molecule has 0 saturated carbocycles. The van der Waals surface area contributed by atoms with Crippen LogP contribution in [-0.2, 0) is 14.4 Å². The second-order valence-electron chi connectivity index (χ2n) is 4.46. The first-order valence-corrected chi connectivity index (χ1v) is 5.81. The number of aliphatic carboxylic acids is 2. The molecule has 17 heavy (non-hydrogen) atoms. The van der Waals surface area contributed by atoms with E-state index in [1.165, 1.54) is 16.7 Å². The predicted molar refractivity (Wildman–Crippen MR) is 59.4 cm³/mol. The van der Waals surface area contributed by atoms with E-state index < -0.39 is 34.0 Å². The summed E-state index contributed by atoms with van der Waals surface area (Å²) in [5.41, 5.74) is 0.166. The number of carbonyl (C=O) groups excluding carboxylic acids is 1. The number of carboxylic acids is 2. The Labute approximate surface area is 101 Å². The molecule has 2 aliphatic rings. The average molecular weight is 257 g/mol. The number of hydrogen-bond acceptors (Lipinski definition) is 4. The molecule has 2 heterocycles. The number of β-lactam (4-membered cyclic amide) rings is 1. The standard InChI is InChI=1S/C10H11NO5S/c1-10(2)6(9(15)16)11-7(14)4(3-5(12)13)8(11)17-10/h3,6,8H,1-2H3,(H,12,13)(H,15,16)/b4-3-/t6-,8+/m0/s1. The van der Waals surface area contributed by atoms with Gasteiger partial charge in [-0.25, -0.2) is 9.59 Å². The zero-order chi connectivity index (χ0) is 13.0. The lowest BCUT2D eigenvalue weighted by atomic mass is 9.95. The summed E-state index contributed by atoms with van der Waals surface area (Å²) in [6, 6.07) is -0.907.